The molecule has 0 aliphatic heterocycles. The second-order valence-electron chi connectivity index (χ2n) is 5.74. The predicted molar refractivity (Wildman–Crippen MR) is 99.3 cm³/mol. The number of nitrogens with one attached hydrogen (secondary N) is 1. The summed E-state index contributed by atoms with van der Waals surface area (Å²) in [5, 5.41) is 13.4. The van der Waals surface area contributed by atoms with Crippen molar-refractivity contribution in [1.29, 1.82) is 0 Å². The van der Waals surface area contributed by atoms with Crippen molar-refractivity contribution in [3.8, 4) is 5.75 Å². The number of nitro groups is 1. The van der Waals surface area contributed by atoms with Crippen molar-refractivity contribution in [3.05, 3.63) is 58.1 Å². The molecule has 0 aliphatic carbocycles. The second kappa shape index (κ2) is 8.14. The number of hydrogen-bond acceptors (Lipinski definition) is 6. The van der Waals surface area contributed by atoms with Gasteiger partial charge in [0, 0.05) is 19.2 Å². The third-order valence-corrected chi connectivity index (χ3v) is 5.66. The third kappa shape index (κ3) is 4.80. The van der Waals surface area contributed by atoms with Crippen LogP contribution in [0.3, 0.4) is 0 Å². The molecule has 0 radical (unpaired) electrons. The topological polar surface area (TPSA) is 119 Å². The largest absolute Gasteiger partial charge is 0.497 e. The summed E-state index contributed by atoms with van der Waals surface area (Å²) in [4.78, 5) is 22.5. The Labute approximate surface area is 156 Å². The van der Waals surface area contributed by atoms with Crippen molar-refractivity contribution in [2.45, 2.75) is 11.8 Å². The molecule has 0 aliphatic rings. The van der Waals surface area contributed by atoms with Crippen molar-refractivity contribution in [1.82, 2.24) is 4.31 Å². The molecule has 0 unspecified atom stereocenters. The molecular formula is C17H19N3O6S. The van der Waals surface area contributed by atoms with Crippen molar-refractivity contribution in [2.24, 2.45) is 0 Å². The number of aryl methyl sites for hydroxylation is 1. The lowest BCUT2D eigenvalue weighted by atomic mass is 10.2. The van der Waals surface area contributed by atoms with Gasteiger partial charge in [-0.3, -0.25) is 14.9 Å². The number of carbonyl (C=O) groups excluding carboxylic acids is 1. The molecule has 144 valence electrons. The summed E-state index contributed by atoms with van der Waals surface area (Å²) in [6, 6.07) is 9.84. The van der Waals surface area contributed by atoms with Crippen LogP contribution < -0.4 is 10.1 Å². The molecule has 27 heavy (non-hydrogen) atoms. The Bertz CT molecular complexity index is 957. The second-order valence-corrected chi connectivity index (χ2v) is 7.79. The molecule has 9 nitrogen and oxygen atoms in total. The van der Waals surface area contributed by atoms with Crippen LogP contribution in [0.4, 0.5) is 11.4 Å². The van der Waals surface area contributed by atoms with Gasteiger partial charge in [-0.15, -0.1) is 0 Å². The summed E-state index contributed by atoms with van der Waals surface area (Å²) in [6.45, 7) is 1.23. The van der Waals surface area contributed by atoms with Gasteiger partial charge in [-0.25, -0.2) is 8.42 Å². The van der Waals surface area contributed by atoms with E-state index in [-0.39, 0.29) is 16.3 Å². The van der Waals surface area contributed by atoms with Crippen molar-refractivity contribution < 1.29 is 22.9 Å². The van der Waals surface area contributed by atoms with Crippen LogP contribution in [0.2, 0.25) is 0 Å². The lowest BCUT2D eigenvalue weighted by Crippen LogP contribution is -2.35. The average molecular weight is 393 g/mol. The Morgan fingerprint density at radius 1 is 1.22 bits per heavy atom. The normalized spacial score (nSPS) is 11.3. The fraction of sp³-hybridized carbons (Fsp3) is 0.235. The fourth-order valence-electron chi connectivity index (χ4n) is 2.26. The predicted octanol–water partition coefficient (Wildman–Crippen LogP) is 2.17. The summed E-state index contributed by atoms with van der Waals surface area (Å²) in [6.07, 6.45) is 0. The van der Waals surface area contributed by atoms with E-state index in [2.05, 4.69) is 5.32 Å². The van der Waals surface area contributed by atoms with E-state index in [0.29, 0.717) is 11.3 Å². The van der Waals surface area contributed by atoms with Gasteiger partial charge in [-0.1, -0.05) is 6.07 Å². The Hall–Kier alpha value is -2.98. The van der Waals surface area contributed by atoms with E-state index in [9.17, 15) is 23.3 Å². The number of benzene rings is 2. The first-order chi connectivity index (χ1) is 12.6. The zero-order chi connectivity index (χ0) is 20.2. The van der Waals surface area contributed by atoms with Gasteiger partial charge in [-0.2, -0.15) is 4.31 Å². The molecule has 1 N–H and O–H groups in total. The molecular weight excluding hydrogens is 374 g/mol. The van der Waals surface area contributed by atoms with Crippen LogP contribution in [0, 0.1) is 17.0 Å². The fourth-order valence-corrected chi connectivity index (χ4v) is 3.39. The Morgan fingerprint density at radius 2 is 1.85 bits per heavy atom. The maximum absolute atomic E-state index is 12.5. The molecule has 0 atom stereocenters. The van der Waals surface area contributed by atoms with Gasteiger partial charge in [0.2, 0.25) is 15.9 Å². The van der Waals surface area contributed by atoms with Crippen LogP contribution in [0.1, 0.15) is 5.56 Å². The highest BCUT2D eigenvalue weighted by molar-refractivity contribution is 7.89. The zero-order valence-corrected chi connectivity index (χ0v) is 15.8. The van der Waals surface area contributed by atoms with E-state index in [1.54, 1.807) is 6.92 Å². The van der Waals surface area contributed by atoms with E-state index in [1.807, 2.05) is 0 Å². The molecule has 0 heterocycles. The maximum atomic E-state index is 12.5. The highest BCUT2D eigenvalue weighted by atomic mass is 32.2. The highest BCUT2D eigenvalue weighted by Gasteiger charge is 2.23. The van der Waals surface area contributed by atoms with E-state index in [1.165, 1.54) is 56.6 Å². The summed E-state index contributed by atoms with van der Waals surface area (Å²) >= 11 is 0. The summed E-state index contributed by atoms with van der Waals surface area (Å²) < 4.78 is 31.0. The molecule has 0 aromatic heterocycles. The molecule has 0 saturated carbocycles. The molecule has 0 bridgehead atoms. The molecule has 0 saturated heterocycles. The van der Waals surface area contributed by atoms with E-state index in [0.717, 1.165) is 4.31 Å². The standard InChI is InChI=1S/C17H19N3O6S/c1-12-4-5-13(20(22)23)10-16(12)18-17(21)11-19(2)27(24,25)15-8-6-14(26-3)7-9-15/h4-10H,11H2,1-3H3,(H,18,21). The Balaban J connectivity index is 2.12. The number of nitrogens with zero attached hydrogens (tertiary/aromatic N) is 2. The van der Waals surface area contributed by atoms with Crippen molar-refractivity contribution in [3.63, 3.8) is 0 Å². The monoisotopic (exact) mass is 393 g/mol. The number of nitro benzene ring substituents is 1. The van der Waals surface area contributed by atoms with Gasteiger partial charge in [0.1, 0.15) is 5.75 Å². The van der Waals surface area contributed by atoms with E-state index in [4.69, 9.17) is 4.74 Å². The van der Waals surface area contributed by atoms with Gasteiger partial charge in [0.25, 0.3) is 5.69 Å². The molecule has 2 aromatic rings. The van der Waals surface area contributed by atoms with Crippen LogP contribution in [-0.4, -0.2) is 44.3 Å². The van der Waals surface area contributed by atoms with E-state index >= 15 is 0 Å². The first-order valence-corrected chi connectivity index (χ1v) is 9.24. The first-order valence-electron chi connectivity index (χ1n) is 7.80. The molecule has 2 aromatic carbocycles. The number of carbonyl (C=O) groups is 1. The summed E-state index contributed by atoms with van der Waals surface area (Å²) in [5.74, 6) is -0.103. The molecule has 0 spiro atoms. The van der Waals surface area contributed by atoms with Crippen LogP contribution in [-0.2, 0) is 14.8 Å². The average Bonchev–Trinajstić information content (AvgIpc) is 2.63. The minimum atomic E-state index is -3.87. The van der Waals surface area contributed by atoms with Crippen LogP contribution in [0.5, 0.6) is 5.75 Å². The number of methoxy groups -OCH3 is 1. The number of amides is 1. The first kappa shape index (κ1) is 20.3. The number of anilines is 1. The van der Waals surface area contributed by atoms with Crippen molar-refractivity contribution >= 4 is 27.3 Å². The van der Waals surface area contributed by atoms with Gasteiger partial charge in [-0.05, 0) is 36.8 Å². The molecule has 2 rings (SSSR count). The van der Waals surface area contributed by atoms with Gasteiger partial charge in [0.05, 0.1) is 29.2 Å². The molecule has 10 heteroatoms. The van der Waals surface area contributed by atoms with Crippen LogP contribution in [0.25, 0.3) is 0 Å². The van der Waals surface area contributed by atoms with Gasteiger partial charge >= 0.3 is 0 Å². The smallest absolute Gasteiger partial charge is 0.271 e. The lowest BCUT2D eigenvalue weighted by Gasteiger charge is -2.17. The summed E-state index contributed by atoms with van der Waals surface area (Å²) in [7, 11) is -1.13. The highest BCUT2D eigenvalue weighted by Crippen LogP contribution is 2.22. The zero-order valence-electron chi connectivity index (χ0n) is 15.0. The lowest BCUT2D eigenvalue weighted by molar-refractivity contribution is -0.384. The van der Waals surface area contributed by atoms with Crippen LogP contribution in [0.15, 0.2) is 47.4 Å². The SMILES string of the molecule is COc1ccc(S(=O)(=O)N(C)CC(=O)Nc2cc([N+](=O)[O-])ccc2C)cc1. The number of likely N-dealkylation sites (N-methyl/N-ethyl adjacent to an activating group) is 1. The summed E-state index contributed by atoms with van der Waals surface area (Å²) in [5.41, 5.74) is 0.703. The maximum Gasteiger partial charge on any atom is 0.271 e. The minimum absolute atomic E-state index is 0.0186. The van der Waals surface area contributed by atoms with Gasteiger partial charge in [0.15, 0.2) is 0 Å². The molecule has 0 fully saturated rings. The minimum Gasteiger partial charge on any atom is -0.497 e. The van der Waals surface area contributed by atoms with Gasteiger partial charge < -0.3 is 10.1 Å². The number of hydrogen-bond donors (Lipinski definition) is 1. The quantitative estimate of drug-likeness (QED) is 0.569. The number of rotatable bonds is 7. The van der Waals surface area contributed by atoms with E-state index < -0.39 is 27.4 Å². The number of ether oxygens (including phenoxy) is 1. The Morgan fingerprint density at radius 3 is 2.41 bits per heavy atom. The third-order valence-electron chi connectivity index (χ3n) is 3.84. The Kier molecular flexibility index (Phi) is 6.13. The van der Waals surface area contributed by atoms with Crippen molar-refractivity contribution in [2.75, 3.05) is 26.0 Å². The number of sulfonamides is 1. The molecule has 1 amide bonds. The van der Waals surface area contributed by atoms with Crippen LogP contribution >= 0.6 is 0 Å². The number of non-ortho nitro benzene ring substituents is 1.